The summed E-state index contributed by atoms with van der Waals surface area (Å²) in [4.78, 5) is 18.0. The van der Waals surface area contributed by atoms with Gasteiger partial charge < -0.3 is 28.0 Å². The first-order valence-electron chi connectivity index (χ1n) is 18.1. The van der Waals surface area contributed by atoms with Crippen LogP contribution in [0.1, 0.15) is 63.5 Å². The minimum Gasteiger partial charge on any atom is -0.497 e. The SMILES string of the molecule is COc1ccc(C(OC[C@H]2O[C@@H](n3ccc4nccn4c3=O)C[C@@H]2OP(OCCC#N)N(C(C)C)C(C)C)(c2ccccc2)c2ccc(OC)cc2)cc1. The van der Waals surface area contributed by atoms with Crippen LogP contribution in [0.25, 0.3) is 5.65 Å². The van der Waals surface area contributed by atoms with Gasteiger partial charge in [0.15, 0.2) is 0 Å². The summed E-state index contributed by atoms with van der Waals surface area (Å²) < 4.78 is 43.7. The van der Waals surface area contributed by atoms with Gasteiger partial charge in [-0.15, -0.1) is 0 Å². The van der Waals surface area contributed by atoms with E-state index in [0.717, 1.165) is 28.2 Å². The van der Waals surface area contributed by atoms with Crippen molar-refractivity contribution >= 4 is 14.2 Å². The predicted molar refractivity (Wildman–Crippen MR) is 206 cm³/mol. The highest BCUT2D eigenvalue weighted by molar-refractivity contribution is 7.44. The normalized spacial score (nSPS) is 18.0. The Labute approximate surface area is 317 Å². The second kappa shape index (κ2) is 17.7. The van der Waals surface area contributed by atoms with Crippen molar-refractivity contribution in [1.82, 2.24) is 18.6 Å². The van der Waals surface area contributed by atoms with E-state index in [2.05, 4.69) is 43.4 Å². The molecule has 6 rings (SSSR count). The Morgan fingerprint density at radius 2 is 1.52 bits per heavy atom. The Bertz CT molecular complexity index is 1990. The molecule has 1 unspecified atom stereocenters. The number of ether oxygens (including phenoxy) is 4. The molecule has 1 fully saturated rings. The van der Waals surface area contributed by atoms with Gasteiger partial charge in [0, 0.05) is 37.1 Å². The van der Waals surface area contributed by atoms with E-state index in [1.54, 1.807) is 43.4 Å². The van der Waals surface area contributed by atoms with Gasteiger partial charge in [-0.25, -0.2) is 14.4 Å². The standard InChI is InChI=1S/C41H48N5O7P/c1-29(2)46(30(3)4)54(51-26-10-22-42)53-36-27-39(45-24-21-38-43-23-25-44(38)40(45)47)52-37(36)28-50-41(31-11-8-7-9-12-31,32-13-17-34(48-5)18-14-32)33-15-19-35(49-6)20-16-33/h7-9,11-21,23-25,29-30,36-37,39H,10,26-28H2,1-6H3/t36-,37+,39+,54?/m0/s1. The molecule has 4 atom stereocenters. The van der Waals surface area contributed by atoms with Crippen LogP contribution in [0.3, 0.4) is 0 Å². The van der Waals surface area contributed by atoms with Crippen molar-refractivity contribution in [3.8, 4) is 17.6 Å². The minimum absolute atomic E-state index is 0.0842. The summed E-state index contributed by atoms with van der Waals surface area (Å²) in [5.41, 5.74) is 1.83. The van der Waals surface area contributed by atoms with Gasteiger partial charge in [-0.3, -0.25) is 8.97 Å². The number of imidazole rings is 1. The summed E-state index contributed by atoms with van der Waals surface area (Å²) >= 11 is 0. The van der Waals surface area contributed by atoms with Gasteiger partial charge in [0.2, 0.25) is 0 Å². The molecule has 54 heavy (non-hydrogen) atoms. The van der Waals surface area contributed by atoms with Crippen LogP contribution < -0.4 is 15.2 Å². The Morgan fingerprint density at radius 1 is 0.907 bits per heavy atom. The zero-order valence-corrected chi connectivity index (χ0v) is 32.5. The maximum atomic E-state index is 13.7. The lowest BCUT2D eigenvalue weighted by Crippen LogP contribution is -2.39. The molecule has 1 aliphatic rings. The smallest absolute Gasteiger partial charge is 0.336 e. The van der Waals surface area contributed by atoms with Crippen LogP contribution in [0, 0.1) is 11.3 Å². The van der Waals surface area contributed by atoms with Crippen molar-refractivity contribution in [2.75, 3.05) is 27.4 Å². The highest BCUT2D eigenvalue weighted by Gasteiger charge is 2.45. The molecule has 3 heterocycles. The molecule has 3 aromatic carbocycles. The van der Waals surface area contributed by atoms with Crippen molar-refractivity contribution < 1.29 is 28.0 Å². The van der Waals surface area contributed by atoms with E-state index in [1.165, 1.54) is 4.40 Å². The lowest BCUT2D eigenvalue weighted by atomic mass is 9.80. The molecule has 5 aromatic rings. The number of rotatable bonds is 17. The topological polar surface area (TPSA) is 122 Å². The fourth-order valence-corrected chi connectivity index (χ4v) is 8.74. The summed E-state index contributed by atoms with van der Waals surface area (Å²) in [6, 6.07) is 29.9. The molecule has 0 aliphatic carbocycles. The van der Waals surface area contributed by atoms with Crippen molar-refractivity contribution in [3.05, 3.63) is 131 Å². The second-order valence-corrected chi connectivity index (χ2v) is 14.9. The molecule has 1 saturated heterocycles. The van der Waals surface area contributed by atoms with Gasteiger partial charge >= 0.3 is 5.69 Å². The Kier molecular flexibility index (Phi) is 12.8. The molecule has 0 N–H and O–H groups in total. The van der Waals surface area contributed by atoms with Crippen LogP contribution in [-0.2, 0) is 24.1 Å². The second-order valence-electron chi connectivity index (χ2n) is 13.5. The first-order valence-corrected chi connectivity index (χ1v) is 19.3. The highest BCUT2D eigenvalue weighted by Crippen LogP contribution is 2.50. The van der Waals surface area contributed by atoms with Gasteiger partial charge in [-0.05, 0) is 74.7 Å². The Morgan fingerprint density at radius 3 is 2.09 bits per heavy atom. The third-order valence-electron chi connectivity index (χ3n) is 9.50. The van der Waals surface area contributed by atoms with Crippen molar-refractivity contribution in [1.29, 1.82) is 5.26 Å². The summed E-state index contributed by atoms with van der Waals surface area (Å²) in [6.07, 6.45) is 3.67. The molecular weight excluding hydrogens is 705 g/mol. The number of fused-ring (bicyclic) bond motifs is 1. The van der Waals surface area contributed by atoms with Crippen LogP contribution in [0.15, 0.2) is 108 Å². The number of nitrogens with zero attached hydrogens (tertiary/aromatic N) is 5. The third kappa shape index (κ3) is 8.22. The van der Waals surface area contributed by atoms with E-state index in [4.69, 9.17) is 28.0 Å². The third-order valence-corrected chi connectivity index (χ3v) is 11.7. The molecule has 2 aromatic heterocycles. The zero-order valence-electron chi connectivity index (χ0n) is 31.6. The van der Waals surface area contributed by atoms with E-state index < -0.39 is 32.6 Å². The van der Waals surface area contributed by atoms with E-state index in [9.17, 15) is 10.1 Å². The predicted octanol–water partition coefficient (Wildman–Crippen LogP) is 7.47. The lowest BCUT2D eigenvalue weighted by Gasteiger charge is -2.39. The zero-order chi connectivity index (χ0) is 38.2. The van der Waals surface area contributed by atoms with E-state index in [1.807, 2.05) is 78.9 Å². The molecule has 0 spiro atoms. The van der Waals surface area contributed by atoms with Gasteiger partial charge in [-0.1, -0.05) is 54.6 Å². The average Bonchev–Trinajstić information content (AvgIpc) is 3.83. The first kappa shape index (κ1) is 39.1. The van der Waals surface area contributed by atoms with E-state index >= 15 is 0 Å². The number of hydrogen-bond donors (Lipinski definition) is 0. The number of hydrogen-bond acceptors (Lipinski definition) is 10. The van der Waals surface area contributed by atoms with Crippen LogP contribution >= 0.6 is 8.53 Å². The van der Waals surface area contributed by atoms with Crippen molar-refractivity contribution in [2.45, 2.75) is 76.7 Å². The molecule has 0 radical (unpaired) electrons. The minimum atomic E-state index is -1.63. The van der Waals surface area contributed by atoms with Crippen LogP contribution in [-0.4, -0.2) is 70.3 Å². The summed E-state index contributed by atoms with van der Waals surface area (Å²) in [7, 11) is 1.65. The summed E-state index contributed by atoms with van der Waals surface area (Å²) in [6.45, 7) is 8.69. The molecule has 0 bridgehead atoms. The molecule has 0 saturated carbocycles. The molecule has 1 aliphatic heterocycles. The van der Waals surface area contributed by atoms with Gasteiger partial charge in [0.25, 0.3) is 8.53 Å². The number of aromatic nitrogens is 3. The van der Waals surface area contributed by atoms with Gasteiger partial charge in [-0.2, -0.15) is 5.26 Å². The van der Waals surface area contributed by atoms with Crippen LogP contribution in [0.2, 0.25) is 0 Å². The Hall–Kier alpha value is -4.60. The van der Waals surface area contributed by atoms with Gasteiger partial charge in [0.1, 0.15) is 35.1 Å². The van der Waals surface area contributed by atoms with Crippen LogP contribution in [0.4, 0.5) is 0 Å². The summed E-state index contributed by atoms with van der Waals surface area (Å²) in [5, 5.41) is 9.33. The Balaban J connectivity index is 1.43. The summed E-state index contributed by atoms with van der Waals surface area (Å²) in [5.74, 6) is 1.44. The van der Waals surface area contributed by atoms with Crippen molar-refractivity contribution in [3.63, 3.8) is 0 Å². The maximum Gasteiger partial charge on any atom is 0.336 e. The molecular formula is C41H48N5O7P. The number of methoxy groups -OCH3 is 2. The fraction of sp³-hybridized carbons (Fsp3) is 0.390. The average molecular weight is 754 g/mol. The maximum absolute atomic E-state index is 13.7. The highest BCUT2D eigenvalue weighted by atomic mass is 31.2. The number of nitriles is 1. The lowest BCUT2D eigenvalue weighted by molar-refractivity contribution is -0.0926. The molecule has 284 valence electrons. The van der Waals surface area contributed by atoms with Crippen molar-refractivity contribution in [2.24, 2.45) is 0 Å². The molecule has 12 nitrogen and oxygen atoms in total. The quantitative estimate of drug-likeness (QED) is 0.0537. The van der Waals surface area contributed by atoms with Crippen LogP contribution in [0.5, 0.6) is 11.5 Å². The largest absolute Gasteiger partial charge is 0.497 e. The first-order chi connectivity index (χ1) is 26.2. The van der Waals surface area contributed by atoms with Gasteiger partial charge in [0.05, 0.1) is 46.0 Å². The van der Waals surface area contributed by atoms with E-state index in [0.29, 0.717) is 12.1 Å². The molecule has 13 heteroatoms. The molecule has 0 amide bonds. The fourth-order valence-electron chi connectivity index (χ4n) is 6.98. The number of benzene rings is 3. The van der Waals surface area contributed by atoms with E-state index in [-0.39, 0.29) is 37.4 Å². The monoisotopic (exact) mass is 753 g/mol.